The molecule has 1 aromatic heterocycles. The molecule has 7 heteroatoms. The van der Waals surface area contributed by atoms with Crippen LogP contribution in [0.2, 0.25) is 5.02 Å². The molecule has 3 N–H and O–H groups in total. The Labute approximate surface area is 172 Å². The molecule has 6 nitrogen and oxygen atoms in total. The van der Waals surface area contributed by atoms with E-state index in [0.29, 0.717) is 27.8 Å². The van der Waals surface area contributed by atoms with Crippen molar-refractivity contribution < 1.29 is 9.53 Å². The van der Waals surface area contributed by atoms with E-state index in [9.17, 15) is 10.1 Å². The zero-order valence-electron chi connectivity index (χ0n) is 15.4. The number of hydrogen-bond acceptors (Lipinski definition) is 5. The highest BCUT2D eigenvalue weighted by molar-refractivity contribution is 6.30. The summed E-state index contributed by atoms with van der Waals surface area (Å²) in [6.07, 6.45) is 3.09. The summed E-state index contributed by atoms with van der Waals surface area (Å²) in [5, 5.41) is 12.6. The van der Waals surface area contributed by atoms with Gasteiger partial charge < -0.3 is 15.8 Å². The van der Waals surface area contributed by atoms with Gasteiger partial charge in [-0.3, -0.25) is 4.79 Å². The molecule has 1 saturated carbocycles. The van der Waals surface area contributed by atoms with E-state index in [2.05, 4.69) is 16.4 Å². The van der Waals surface area contributed by atoms with Crippen molar-refractivity contribution in [1.82, 2.24) is 4.98 Å². The molecule has 1 fully saturated rings. The molecule has 2 aromatic carbocycles. The fourth-order valence-electron chi connectivity index (χ4n) is 3.03. The first-order valence-corrected chi connectivity index (χ1v) is 9.39. The minimum Gasteiger partial charge on any atom is -0.453 e. The summed E-state index contributed by atoms with van der Waals surface area (Å²) in [5.74, 6) is 0.766. The van der Waals surface area contributed by atoms with Gasteiger partial charge in [0.15, 0.2) is 11.6 Å². The van der Waals surface area contributed by atoms with Crippen molar-refractivity contribution in [3.8, 4) is 17.6 Å². The smallest absolute Gasteiger partial charge is 0.255 e. The Morgan fingerprint density at radius 1 is 1.21 bits per heavy atom. The van der Waals surface area contributed by atoms with Crippen LogP contribution in [0.25, 0.3) is 0 Å². The second kappa shape index (κ2) is 7.46. The van der Waals surface area contributed by atoms with Crippen LogP contribution in [0.1, 0.15) is 28.8 Å². The number of hydrogen-bond donors (Lipinski definition) is 2. The molecule has 0 radical (unpaired) electrons. The number of nitrogen functional groups attached to an aromatic ring is 1. The van der Waals surface area contributed by atoms with Gasteiger partial charge in [0.2, 0.25) is 0 Å². The molecule has 29 heavy (non-hydrogen) atoms. The van der Waals surface area contributed by atoms with Crippen LogP contribution in [-0.2, 0) is 5.41 Å². The van der Waals surface area contributed by atoms with Crippen LogP contribution in [0.3, 0.4) is 0 Å². The van der Waals surface area contributed by atoms with Gasteiger partial charge in [-0.1, -0.05) is 29.8 Å². The van der Waals surface area contributed by atoms with Gasteiger partial charge in [-0.15, -0.1) is 0 Å². The van der Waals surface area contributed by atoms with Gasteiger partial charge in [0.25, 0.3) is 5.91 Å². The highest BCUT2D eigenvalue weighted by Gasteiger charge is 2.44. The summed E-state index contributed by atoms with van der Waals surface area (Å²) < 4.78 is 5.75. The van der Waals surface area contributed by atoms with Crippen LogP contribution < -0.4 is 15.8 Å². The molecular weight excluding hydrogens is 388 g/mol. The van der Waals surface area contributed by atoms with Crippen LogP contribution >= 0.6 is 11.6 Å². The average Bonchev–Trinajstić information content (AvgIpc) is 3.53. The number of rotatable bonds is 5. The molecule has 3 aromatic rings. The van der Waals surface area contributed by atoms with E-state index in [4.69, 9.17) is 22.1 Å². The number of amides is 1. The first-order chi connectivity index (χ1) is 14.0. The highest BCUT2D eigenvalue weighted by Crippen LogP contribution is 2.47. The van der Waals surface area contributed by atoms with Crippen LogP contribution in [-0.4, -0.2) is 10.9 Å². The Balaban J connectivity index is 1.51. The maximum absolute atomic E-state index is 12.7. The quantitative estimate of drug-likeness (QED) is 0.628. The van der Waals surface area contributed by atoms with E-state index < -0.39 is 5.41 Å². The largest absolute Gasteiger partial charge is 0.453 e. The lowest BCUT2D eigenvalue weighted by Crippen LogP contribution is -2.13. The van der Waals surface area contributed by atoms with E-state index >= 15 is 0 Å². The number of pyridine rings is 1. The van der Waals surface area contributed by atoms with E-state index in [1.165, 1.54) is 6.20 Å². The minimum absolute atomic E-state index is 0.215. The number of carbonyl (C=O) groups excluding carboxylic acids is 1. The number of nitrogens with one attached hydrogen (secondary N) is 1. The van der Waals surface area contributed by atoms with Gasteiger partial charge >= 0.3 is 0 Å². The lowest BCUT2D eigenvalue weighted by Gasteiger charge is -2.11. The second-order valence-electron chi connectivity index (χ2n) is 6.90. The number of halogens is 1. The van der Waals surface area contributed by atoms with Crippen molar-refractivity contribution in [2.45, 2.75) is 18.3 Å². The molecule has 1 aliphatic rings. The predicted octanol–water partition coefficient (Wildman–Crippen LogP) is 4.92. The molecule has 0 atom stereocenters. The maximum Gasteiger partial charge on any atom is 0.255 e. The first-order valence-electron chi connectivity index (χ1n) is 9.01. The number of nitrogens with zero attached hydrogens (tertiary/aromatic N) is 2. The van der Waals surface area contributed by atoms with Crippen LogP contribution in [0.5, 0.6) is 11.5 Å². The zero-order valence-corrected chi connectivity index (χ0v) is 16.1. The third-order valence-electron chi connectivity index (χ3n) is 4.81. The number of benzene rings is 2. The normalized spacial score (nSPS) is 13.9. The number of aromatic nitrogens is 1. The summed E-state index contributed by atoms with van der Waals surface area (Å²) in [5.41, 5.74) is 7.32. The molecule has 0 spiro atoms. The molecule has 0 bridgehead atoms. The maximum atomic E-state index is 12.7. The molecular formula is C22H17ClN4O2. The Bertz CT molecular complexity index is 1140. The molecule has 4 rings (SSSR count). The Morgan fingerprint density at radius 2 is 2.00 bits per heavy atom. The van der Waals surface area contributed by atoms with Gasteiger partial charge in [0, 0.05) is 29.6 Å². The van der Waals surface area contributed by atoms with Gasteiger partial charge in [-0.05, 0) is 42.7 Å². The van der Waals surface area contributed by atoms with Crippen molar-refractivity contribution in [2.75, 3.05) is 11.1 Å². The monoisotopic (exact) mass is 404 g/mol. The Hall–Kier alpha value is -3.56. The fraction of sp³-hybridized carbons (Fsp3) is 0.136. The van der Waals surface area contributed by atoms with E-state index in [1.807, 2.05) is 6.07 Å². The summed E-state index contributed by atoms with van der Waals surface area (Å²) >= 11 is 5.94. The number of nitrogens with two attached hydrogens (primary N) is 1. The number of ether oxygens (including phenoxy) is 1. The summed E-state index contributed by atoms with van der Waals surface area (Å²) in [7, 11) is 0. The molecule has 1 heterocycles. The standard InChI is InChI=1S/C22H17ClN4O2/c23-16-10-19(20(25)26-12-16)29-18-6-2-5-17(11-18)27-21(28)14-3-1-4-15(9-14)22(13-24)7-8-22/h1-6,9-12H,7-8H2,(H2,25,26)(H,27,28). The van der Waals surface area contributed by atoms with E-state index in [1.54, 1.807) is 48.5 Å². The van der Waals surface area contributed by atoms with E-state index in [-0.39, 0.29) is 11.7 Å². The van der Waals surface area contributed by atoms with Crippen molar-refractivity contribution in [3.05, 3.63) is 76.9 Å². The molecule has 1 aliphatic carbocycles. The highest BCUT2D eigenvalue weighted by atomic mass is 35.5. The number of carbonyl (C=O) groups is 1. The Kier molecular flexibility index (Phi) is 4.83. The van der Waals surface area contributed by atoms with Crippen molar-refractivity contribution >= 4 is 29.0 Å². The average molecular weight is 405 g/mol. The van der Waals surface area contributed by atoms with Gasteiger partial charge in [-0.25, -0.2) is 4.98 Å². The summed E-state index contributed by atoms with van der Waals surface area (Å²) in [6.45, 7) is 0. The molecule has 0 saturated heterocycles. The Morgan fingerprint density at radius 3 is 2.76 bits per heavy atom. The van der Waals surface area contributed by atoms with Crippen molar-refractivity contribution in [3.63, 3.8) is 0 Å². The van der Waals surface area contributed by atoms with Crippen LogP contribution in [0.15, 0.2) is 60.8 Å². The van der Waals surface area contributed by atoms with Gasteiger partial charge in [-0.2, -0.15) is 5.26 Å². The lowest BCUT2D eigenvalue weighted by atomic mass is 9.96. The van der Waals surface area contributed by atoms with Crippen molar-refractivity contribution in [2.24, 2.45) is 0 Å². The van der Waals surface area contributed by atoms with Crippen LogP contribution in [0, 0.1) is 11.3 Å². The SMILES string of the molecule is N#CC1(c2cccc(C(=O)Nc3cccc(Oc4cc(Cl)cnc4N)c3)c2)CC1. The van der Waals surface area contributed by atoms with Gasteiger partial charge in [0.1, 0.15) is 5.75 Å². The first kappa shape index (κ1) is 18.8. The molecule has 1 amide bonds. The molecule has 0 unspecified atom stereocenters. The summed E-state index contributed by atoms with van der Waals surface area (Å²) in [6, 6.07) is 18.1. The van der Waals surface area contributed by atoms with Crippen molar-refractivity contribution in [1.29, 1.82) is 5.26 Å². The fourth-order valence-corrected chi connectivity index (χ4v) is 3.18. The van der Waals surface area contributed by atoms with E-state index in [0.717, 1.165) is 18.4 Å². The van der Waals surface area contributed by atoms with Crippen LogP contribution in [0.4, 0.5) is 11.5 Å². The number of anilines is 2. The lowest BCUT2D eigenvalue weighted by molar-refractivity contribution is 0.102. The minimum atomic E-state index is -0.436. The summed E-state index contributed by atoms with van der Waals surface area (Å²) in [4.78, 5) is 16.6. The molecule has 0 aliphatic heterocycles. The third kappa shape index (κ3) is 4.00. The topological polar surface area (TPSA) is 101 Å². The second-order valence-corrected chi connectivity index (χ2v) is 7.33. The molecule has 144 valence electrons. The third-order valence-corrected chi connectivity index (χ3v) is 5.02. The zero-order chi connectivity index (χ0) is 20.4. The van der Waals surface area contributed by atoms with Gasteiger partial charge in [0.05, 0.1) is 16.5 Å². The number of nitriles is 1. The predicted molar refractivity (Wildman–Crippen MR) is 111 cm³/mol.